The molecule has 1 amide bonds. The maximum atomic E-state index is 12.0. The van der Waals surface area contributed by atoms with Crippen LogP contribution >= 0.6 is 23.4 Å². The molecule has 104 valence electrons. The SMILES string of the molecule is CC1CN(C(=O)CCSc2ccccc2Cl)CCO1. The highest BCUT2D eigenvalue weighted by atomic mass is 35.5. The Balaban J connectivity index is 1.76. The van der Waals surface area contributed by atoms with Gasteiger partial charge in [-0.2, -0.15) is 0 Å². The predicted molar refractivity (Wildman–Crippen MR) is 78.8 cm³/mol. The summed E-state index contributed by atoms with van der Waals surface area (Å²) in [5.41, 5.74) is 0. The number of rotatable bonds is 4. The molecule has 1 aliphatic heterocycles. The van der Waals surface area contributed by atoms with Crippen LogP contribution in [0.15, 0.2) is 29.2 Å². The highest BCUT2D eigenvalue weighted by Gasteiger charge is 2.20. The van der Waals surface area contributed by atoms with Gasteiger partial charge in [0.25, 0.3) is 0 Å². The monoisotopic (exact) mass is 299 g/mol. The Hall–Kier alpha value is -0.710. The van der Waals surface area contributed by atoms with Gasteiger partial charge in [0.05, 0.1) is 17.7 Å². The minimum Gasteiger partial charge on any atom is -0.375 e. The first-order valence-corrected chi connectivity index (χ1v) is 7.80. The van der Waals surface area contributed by atoms with Gasteiger partial charge in [-0.3, -0.25) is 4.79 Å². The molecule has 1 aliphatic rings. The van der Waals surface area contributed by atoms with Gasteiger partial charge in [0.2, 0.25) is 5.91 Å². The van der Waals surface area contributed by atoms with E-state index in [1.54, 1.807) is 11.8 Å². The number of thioether (sulfide) groups is 1. The summed E-state index contributed by atoms with van der Waals surface area (Å²) >= 11 is 7.70. The zero-order chi connectivity index (χ0) is 13.7. The number of hydrogen-bond donors (Lipinski definition) is 0. The van der Waals surface area contributed by atoms with Crippen molar-refractivity contribution in [3.63, 3.8) is 0 Å². The second kappa shape index (κ2) is 7.17. The fourth-order valence-electron chi connectivity index (χ4n) is 2.01. The molecule has 0 aromatic heterocycles. The van der Waals surface area contributed by atoms with Crippen molar-refractivity contribution in [1.82, 2.24) is 4.90 Å². The number of carbonyl (C=O) groups excluding carboxylic acids is 1. The van der Waals surface area contributed by atoms with E-state index in [1.807, 2.05) is 36.1 Å². The molecule has 2 rings (SSSR count). The lowest BCUT2D eigenvalue weighted by atomic mass is 10.3. The van der Waals surface area contributed by atoms with Crippen LogP contribution in [0.3, 0.4) is 0 Å². The van der Waals surface area contributed by atoms with Crippen molar-refractivity contribution in [2.75, 3.05) is 25.4 Å². The lowest BCUT2D eigenvalue weighted by Crippen LogP contribution is -2.44. The highest BCUT2D eigenvalue weighted by molar-refractivity contribution is 7.99. The molecule has 3 nitrogen and oxygen atoms in total. The standard InChI is InChI=1S/C14H18ClNO2S/c1-11-10-16(7-8-18-11)14(17)6-9-19-13-5-3-2-4-12(13)15/h2-5,11H,6-10H2,1H3. The molecular weight excluding hydrogens is 282 g/mol. The predicted octanol–water partition coefficient (Wildman–Crippen LogP) is 3.07. The first-order valence-electron chi connectivity index (χ1n) is 6.43. The summed E-state index contributed by atoms with van der Waals surface area (Å²) in [6.07, 6.45) is 0.691. The van der Waals surface area contributed by atoms with Crippen molar-refractivity contribution >= 4 is 29.3 Å². The highest BCUT2D eigenvalue weighted by Crippen LogP contribution is 2.27. The Morgan fingerprint density at radius 2 is 2.32 bits per heavy atom. The third-order valence-electron chi connectivity index (χ3n) is 3.00. The number of ether oxygens (including phenoxy) is 1. The van der Waals surface area contributed by atoms with E-state index < -0.39 is 0 Å². The van der Waals surface area contributed by atoms with Crippen LogP contribution in [-0.4, -0.2) is 42.4 Å². The fourth-order valence-corrected chi connectivity index (χ4v) is 3.19. The number of hydrogen-bond acceptors (Lipinski definition) is 3. The first-order chi connectivity index (χ1) is 9.16. The van der Waals surface area contributed by atoms with Gasteiger partial charge in [-0.05, 0) is 19.1 Å². The van der Waals surface area contributed by atoms with Gasteiger partial charge in [-0.25, -0.2) is 0 Å². The first kappa shape index (κ1) is 14.7. The summed E-state index contributed by atoms with van der Waals surface area (Å²) in [5.74, 6) is 0.962. The summed E-state index contributed by atoms with van der Waals surface area (Å²) in [5, 5.41) is 0.750. The van der Waals surface area contributed by atoms with E-state index in [2.05, 4.69) is 0 Å². The second-order valence-electron chi connectivity index (χ2n) is 4.55. The largest absolute Gasteiger partial charge is 0.375 e. The summed E-state index contributed by atoms with van der Waals surface area (Å²) in [6, 6.07) is 7.72. The summed E-state index contributed by atoms with van der Waals surface area (Å²) in [6.45, 7) is 4.05. The normalized spacial score (nSPS) is 19.5. The number of amides is 1. The third-order valence-corrected chi connectivity index (χ3v) is 4.52. The molecule has 1 unspecified atom stereocenters. The van der Waals surface area contributed by atoms with Gasteiger partial charge < -0.3 is 9.64 Å². The number of benzene rings is 1. The number of morpholine rings is 1. The molecule has 0 bridgehead atoms. The fraction of sp³-hybridized carbons (Fsp3) is 0.500. The Kier molecular flexibility index (Phi) is 5.55. The van der Waals surface area contributed by atoms with Crippen LogP contribution in [0.2, 0.25) is 5.02 Å². The van der Waals surface area contributed by atoms with Crippen molar-refractivity contribution in [2.24, 2.45) is 0 Å². The molecule has 1 atom stereocenters. The third kappa shape index (κ3) is 4.41. The van der Waals surface area contributed by atoms with Crippen molar-refractivity contribution in [3.8, 4) is 0 Å². The lowest BCUT2D eigenvalue weighted by molar-refractivity contribution is -0.137. The minimum absolute atomic E-state index is 0.147. The van der Waals surface area contributed by atoms with Crippen LogP contribution in [0.25, 0.3) is 0 Å². The van der Waals surface area contributed by atoms with Gasteiger partial charge in [0.15, 0.2) is 0 Å². The molecule has 1 heterocycles. The quantitative estimate of drug-likeness (QED) is 0.800. The topological polar surface area (TPSA) is 29.5 Å². The van der Waals surface area contributed by atoms with Crippen LogP contribution < -0.4 is 0 Å². The van der Waals surface area contributed by atoms with Gasteiger partial charge >= 0.3 is 0 Å². The zero-order valence-electron chi connectivity index (χ0n) is 11.0. The molecule has 1 aromatic rings. The van der Waals surface area contributed by atoms with Crippen LogP contribution in [0.4, 0.5) is 0 Å². The Morgan fingerprint density at radius 1 is 1.53 bits per heavy atom. The van der Waals surface area contributed by atoms with Crippen LogP contribution in [0.1, 0.15) is 13.3 Å². The van der Waals surface area contributed by atoms with E-state index in [1.165, 1.54) is 0 Å². The average Bonchev–Trinajstić information content (AvgIpc) is 2.41. The summed E-state index contributed by atoms with van der Waals surface area (Å²) in [7, 11) is 0. The van der Waals surface area contributed by atoms with Crippen LogP contribution in [0.5, 0.6) is 0 Å². The molecule has 19 heavy (non-hydrogen) atoms. The molecule has 1 fully saturated rings. The van der Waals surface area contributed by atoms with E-state index >= 15 is 0 Å². The Morgan fingerprint density at radius 3 is 3.05 bits per heavy atom. The molecule has 1 saturated heterocycles. The summed E-state index contributed by atoms with van der Waals surface area (Å²) in [4.78, 5) is 15.0. The minimum atomic E-state index is 0.147. The smallest absolute Gasteiger partial charge is 0.223 e. The Bertz CT molecular complexity index is 441. The number of nitrogens with zero attached hydrogens (tertiary/aromatic N) is 1. The molecule has 0 spiro atoms. The van der Waals surface area contributed by atoms with E-state index in [9.17, 15) is 4.79 Å². The maximum Gasteiger partial charge on any atom is 0.223 e. The maximum absolute atomic E-state index is 12.0. The Labute approximate surface area is 123 Å². The molecule has 1 aromatic carbocycles. The van der Waals surface area contributed by atoms with Crippen LogP contribution in [0, 0.1) is 0 Å². The summed E-state index contributed by atoms with van der Waals surface area (Å²) < 4.78 is 5.43. The molecule has 0 N–H and O–H groups in total. The van der Waals surface area contributed by atoms with Gasteiger partial charge in [-0.1, -0.05) is 23.7 Å². The average molecular weight is 300 g/mol. The van der Waals surface area contributed by atoms with Gasteiger partial charge in [0.1, 0.15) is 0 Å². The van der Waals surface area contributed by atoms with Gasteiger partial charge in [0, 0.05) is 30.2 Å². The van der Waals surface area contributed by atoms with Crippen molar-refractivity contribution in [3.05, 3.63) is 29.3 Å². The van der Waals surface area contributed by atoms with Crippen LogP contribution in [-0.2, 0) is 9.53 Å². The van der Waals surface area contributed by atoms with E-state index in [-0.39, 0.29) is 12.0 Å². The van der Waals surface area contributed by atoms with E-state index in [0.29, 0.717) is 26.1 Å². The van der Waals surface area contributed by atoms with Crippen molar-refractivity contribution < 1.29 is 9.53 Å². The van der Waals surface area contributed by atoms with E-state index in [0.717, 1.165) is 15.7 Å². The second-order valence-corrected chi connectivity index (χ2v) is 6.09. The van der Waals surface area contributed by atoms with E-state index in [4.69, 9.17) is 16.3 Å². The molecular formula is C14H18ClNO2S. The molecule has 0 saturated carbocycles. The van der Waals surface area contributed by atoms with Crippen molar-refractivity contribution in [1.29, 1.82) is 0 Å². The number of carbonyl (C=O) groups is 1. The van der Waals surface area contributed by atoms with Crippen molar-refractivity contribution in [2.45, 2.75) is 24.3 Å². The molecule has 0 aliphatic carbocycles. The molecule has 0 radical (unpaired) electrons. The van der Waals surface area contributed by atoms with Gasteiger partial charge in [-0.15, -0.1) is 11.8 Å². The lowest BCUT2D eigenvalue weighted by Gasteiger charge is -2.31. The number of halogens is 1. The zero-order valence-corrected chi connectivity index (χ0v) is 12.5. The molecule has 5 heteroatoms.